The summed E-state index contributed by atoms with van der Waals surface area (Å²) in [4.78, 5) is 14.7. The minimum Gasteiger partial charge on any atom is -0.416 e. The van der Waals surface area contributed by atoms with E-state index in [9.17, 15) is 4.79 Å². The lowest BCUT2D eigenvalue weighted by atomic mass is 9.92. The van der Waals surface area contributed by atoms with Crippen molar-refractivity contribution in [1.29, 1.82) is 0 Å². The SMILES string of the molecule is Cc1nnc(SCC(=O)N[C@@H]2CCCN(C3CCCCC3)C2)o1. The molecule has 1 N–H and O–H groups in total. The molecule has 128 valence electrons. The summed E-state index contributed by atoms with van der Waals surface area (Å²) in [5, 5.41) is 11.3. The second-order valence-electron chi connectivity index (χ2n) is 6.57. The maximum atomic E-state index is 12.1. The molecule has 1 aromatic rings. The number of rotatable bonds is 5. The molecule has 6 nitrogen and oxygen atoms in total. The van der Waals surface area contributed by atoms with E-state index in [-0.39, 0.29) is 11.9 Å². The van der Waals surface area contributed by atoms with Gasteiger partial charge in [-0.3, -0.25) is 9.69 Å². The Bertz CT molecular complexity index is 516. The first kappa shape index (κ1) is 16.8. The van der Waals surface area contributed by atoms with Crippen LogP contribution < -0.4 is 5.32 Å². The number of nitrogens with zero attached hydrogens (tertiary/aromatic N) is 3. The molecule has 2 aliphatic rings. The lowest BCUT2D eigenvalue weighted by molar-refractivity contribution is -0.119. The maximum Gasteiger partial charge on any atom is 0.277 e. The van der Waals surface area contributed by atoms with Crippen molar-refractivity contribution in [2.75, 3.05) is 18.8 Å². The fraction of sp³-hybridized carbons (Fsp3) is 0.812. The average molecular weight is 338 g/mol. The van der Waals surface area contributed by atoms with Crippen LogP contribution in [0, 0.1) is 6.92 Å². The second-order valence-corrected chi connectivity index (χ2v) is 7.50. The molecular weight excluding hydrogens is 312 g/mol. The highest BCUT2D eigenvalue weighted by molar-refractivity contribution is 7.99. The first-order valence-corrected chi connectivity index (χ1v) is 9.65. The predicted octanol–water partition coefficient (Wildman–Crippen LogP) is 2.38. The van der Waals surface area contributed by atoms with E-state index in [1.54, 1.807) is 6.92 Å². The van der Waals surface area contributed by atoms with Crippen molar-refractivity contribution in [3.05, 3.63) is 5.89 Å². The van der Waals surface area contributed by atoms with Gasteiger partial charge in [-0.1, -0.05) is 31.0 Å². The molecule has 0 aromatic carbocycles. The van der Waals surface area contributed by atoms with Gasteiger partial charge in [0, 0.05) is 25.6 Å². The summed E-state index contributed by atoms with van der Waals surface area (Å²) in [5.41, 5.74) is 0. The summed E-state index contributed by atoms with van der Waals surface area (Å²) in [7, 11) is 0. The van der Waals surface area contributed by atoms with Crippen LogP contribution in [0.2, 0.25) is 0 Å². The zero-order chi connectivity index (χ0) is 16.1. The van der Waals surface area contributed by atoms with Gasteiger partial charge in [0.1, 0.15) is 0 Å². The van der Waals surface area contributed by atoms with E-state index >= 15 is 0 Å². The molecule has 1 aliphatic heterocycles. The highest BCUT2D eigenvalue weighted by atomic mass is 32.2. The normalized spacial score (nSPS) is 23.8. The highest BCUT2D eigenvalue weighted by Gasteiger charge is 2.27. The standard InChI is InChI=1S/C16H26N4O2S/c1-12-18-19-16(22-12)23-11-15(21)17-13-6-5-9-20(10-13)14-7-3-2-4-8-14/h13-14H,2-11H2,1H3,(H,17,21)/t13-/m1/s1. The van der Waals surface area contributed by atoms with Gasteiger partial charge < -0.3 is 9.73 Å². The van der Waals surface area contributed by atoms with E-state index < -0.39 is 0 Å². The fourth-order valence-corrected chi connectivity index (χ4v) is 4.25. The van der Waals surface area contributed by atoms with Crippen molar-refractivity contribution < 1.29 is 9.21 Å². The molecule has 1 atom stereocenters. The summed E-state index contributed by atoms with van der Waals surface area (Å²) in [6.45, 7) is 3.94. The molecule has 0 radical (unpaired) electrons. The van der Waals surface area contributed by atoms with Gasteiger partial charge in [0.15, 0.2) is 0 Å². The second kappa shape index (κ2) is 8.15. The van der Waals surface area contributed by atoms with E-state index in [1.807, 2.05) is 0 Å². The predicted molar refractivity (Wildman–Crippen MR) is 89.4 cm³/mol. The Morgan fingerprint density at radius 3 is 2.83 bits per heavy atom. The van der Waals surface area contributed by atoms with Crippen LogP contribution >= 0.6 is 11.8 Å². The lowest BCUT2D eigenvalue weighted by Gasteiger charge is -2.40. The van der Waals surface area contributed by atoms with Gasteiger partial charge in [-0.15, -0.1) is 10.2 Å². The van der Waals surface area contributed by atoms with Crippen molar-refractivity contribution in [3.8, 4) is 0 Å². The summed E-state index contributed by atoms with van der Waals surface area (Å²) in [5.74, 6) is 0.923. The van der Waals surface area contributed by atoms with Crippen LogP contribution in [0.15, 0.2) is 9.64 Å². The molecule has 3 rings (SSSR count). The van der Waals surface area contributed by atoms with E-state index in [1.165, 1.54) is 56.8 Å². The van der Waals surface area contributed by atoms with Crippen molar-refractivity contribution in [2.24, 2.45) is 0 Å². The molecule has 1 saturated heterocycles. The average Bonchev–Trinajstić information content (AvgIpc) is 3.00. The number of likely N-dealkylation sites (tertiary alicyclic amines) is 1. The lowest BCUT2D eigenvalue weighted by Crippen LogP contribution is -2.51. The molecule has 0 bridgehead atoms. The molecule has 1 aliphatic carbocycles. The summed E-state index contributed by atoms with van der Waals surface area (Å²) in [6, 6.07) is 1.02. The monoisotopic (exact) mass is 338 g/mol. The summed E-state index contributed by atoms with van der Waals surface area (Å²) in [6.07, 6.45) is 9.02. The smallest absolute Gasteiger partial charge is 0.277 e. The molecule has 1 aromatic heterocycles. The minimum atomic E-state index is 0.0568. The van der Waals surface area contributed by atoms with E-state index in [2.05, 4.69) is 20.4 Å². The van der Waals surface area contributed by atoms with Crippen LogP contribution in [0.1, 0.15) is 50.8 Å². The Kier molecular flexibility index (Phi) is 5.94. The van der Waals surface area contributed by atoms with E-state index in [0.717, 1.165) is 19.0 Å². The molecule has 2 heterocycles. The number of carbonyl (C=O) groups is 1. The van der Waals surface area contributed by atoms with Gasteiger partial charge in [-0.05, 0) is 32.2 Å². The van der Waals surface area contributed by atoms with Crippen molar-refractivity contribution in [3.63, 3.8) is 0 Å². The number of amides is 1. The Morgan fingerprint density at radius 2 is 2.09 bits per heavy atom. The Balaban J connectivity index is 1.42. The number of carbonyl (C=O) groups excluding carboxylic acids is 1. The molecular formula is C16H26N4O2S. The van der Waals surface area contributed by atoms with Crippen LogP contribution in [-0.2, 0) is 4.79 Å². The zero-order valence-electron chi connectivity index (χ0n) is 13.8. The third kappa shape index (κ3) is 4.94. The fourth-order valence-electron chi connectivity index (χ4n) is 3.64. The first-order valence-electron chi connectivity index (χ1n) is 8.67. The van der Waals surface area contributed by atoms with Gasteiger partial charge in [-0.2, -0.15) is 0 Å². The van der Waals surface area contributed by atoms with Gasteiger partial charge in [-0.25, -0.2) is 0 Å². The number of nitrogens with one attached hydrogen (secondary N) is 1. The number of hydrogen-bond donors (Lipinski definition) is 1. The first-order chi connectivity index (χ1) is 11.2. The Morgan fingerprint density at radius 1 is 1.26 bits per heavy atom. The van der Waals surface area contributed by atoms with Gasteiger partial charge in [0.25, 0.3) is 5.22 Å². The minimum absolute atomic E-state index is 0.0568. The zero-order valence-corrected chi connectivity index (χ0v) is 14.6. The Hall–Kier alpha value is -1.08. The van der Waals surface area contributed by atoms with Crippen molar-refractivity contribution in [1.82, 2.24) is 20.4 Å². The van der Waals surface area contributed by atoms with Crippen molar-refractivity contribution in [2.45, 2.75) is 69.2 Å². The topological polar surface area (TPSA) is 71.3 Å². The van der Waals surface area contributed by atoms with Crippen LogP contribution in [-0.4, -0.2) is 51.9 Å². The molecule has 7 heteroatoms. The molecule has 0 unspecified atom stereocenters. The number of thioether (sulfide) groups is 1. The molecule has 1 saturated carbocycles. The van der Waals surface area contributed by atoms with Crippen LogP contribution in [0.4, 0.5) is 0 Å². The van der Waals surface area contributed by atoms with Crippen LogP contribution in [0.5, 0.6) is 0 Å². The van der Waals surface area contributed by atoms with Crippen LogP contribution in [0.25, 0.3) is 0 Å². The number of aryl methyl sites for hydroxylation is 1. The largest absolute Gasteiger partial charge is 0.416 e. The van der Waals surface area contributed by atoms with Gasteiger partial charge in [0.2, 0.25) is 11.8 Å². The molecule has 0 spiro atoms. The quantitative estimate of drug-likeness (QED) is 0.831. The molecule has 23 heavy (non-hydrogen) atoms. The number of aromatic nitrogens is 2. The van der Waals surface area contributed by atoms with Gasteiger partial charge >= 0.3 is 0 Å². The van der Waals surface area contributed by atoms with E-state index in [4.69, 9.17) is 4.42 Å². The molecule has 1 amide bonds. The van der Waals surface area contributed by atoms with Crippen LogP contribution in [0.3, 0.4) is 0 Å². The van der Waals surface area contributed by atoms with Gasteiger partial charge in [0.05, 0.1) is 5.75 Å². The molecule has 2 fully saturated rings. The summed E-state index contributed by atoms with van der Waals surface area (Å²) >= 11 is 1.30. The van der Waals surface area contributed by atoms with E-state index in [0.29, 0.717) is 16.9 Å². The number of piperidine rings is 1. The number of hydrogen-bond acceptors (Lipinski definition) is 6. The summed E-state index contributed by atoms with van der Waals surface area (Å²) < 4.78 is 5.27. The van der Waals surface area contributed by atoms with Crippen molar-refractivity contribution >= 4 is 17.7 Å². The highest BCUT2D eigenvalue weighted by Crippen LogP contribution is 2.25. The Labute approximate surface area is 141 Å². The third-order valence-corrected chi connectivity index (χ3v) is 5.56. The maximum absolute atomic E-state index is 12.1. The third-order valence-electron chi connectivity index (χ3n) is 4.74.